The van der Waals surface area contributed by atoms with Gasteiger partial charge in [-0.15, -0.1) is 0 Å². The number of rotatable bonds is 4. The largest absolute Gasteiger partial charge is 0.339 e. The van der Waals surface area contributed by atoms with Crippen LogP contribution in [0.4, 0.5) is 4.39 Å². The highest BCUT2D eigenvalue weighted by atomic mass is 35.5. The molecule has 1 saturated heterocycles. The van der Waals surface area contributed by atoms with E-state index in [-0.39, 0.29) is 30.5 Å². The van der Waals surface area contributed by atoms with Crippen molar-refractivity contribution in [2.75, 3.05) is 26.2 Å². The van der Waals surface area contributed by atoms with Crippen molar-refractivity contribution in [1.29, 1.82) is 0 Å². The van der Waals surface area contributed by atoms with Gasteiger partial charge in [-0.25, -0.2) is 4.39 Å². The molecule has 27 heavy (non-hydrogen) atoms. The highest BCUT2D eigenvalue weighted by Gasteiger charge is 2.24. The summed E-state index contributed by atoms with van der Waals surface area (Å²) in [6.45, 7) is 1.85. The first-order valence-electron chi connectivity index (χ1n) is 8.66. The van der Waals surface area contributed by atoms with Crippen LogP contribution in [0.1, 0.15) is 11.1 Å². The van der Waals surface area contributed by atoms with Crippen LogP contribution in [-0.4, -0.2) is 47.8 Å². The summed E-state index contributed by atoms with van der Waals surface area (Å²) in [5, 5.41) is 1.05. The average molecular weight is 409 g/mol. The zero-order chi connectivity index (χ0) is 19.4. The van der Waals surface area contributed by atoms with Crippen LogP contribution in [-0.2, 0) is 22.4 Å². The number of piperazine rings is 1. The standard InChI is InChI=1S/C20H19Cl2FN2O2/c21-16-4-5-18(22)15(12-16)13-20(27)25-8-6-24(7-9-25)19(26)11-14-2-1-3-17(23)10-14/h1-5,10,12H,6-9,11,13H2. The summed E-state index contributed by atoms with van der Waals surface area (Å²) in [4.78, 5) is 28.3. The van der Waals surface area contributed by atoms with Crippen molar-refractivity contribution in [3.8, 4) is 0 Å². The van der Waals surface area contributed by atoms with Crippen LogP contribution in [0.5, 0.6) is 0 Å². The lowest BCUT2D eigenvalue weighted by Gasteiger charge is -2.35. The minimum absolute atomic E-state index is 0.0450. The van der Waals surface area contributed by atoms with Crippen LogP contribution in [0.2, 0.25) is 10.0 Å². The maximum atomic E-state index is 13.2. The van der Waals surface area contributed by atoms with Crippen molar-refractivity contribution >= 4 is 35.0 Å². The van der Waals surface area contributed by atoms with Crippen LogP contribution in [0.3, 0.4) is 0 Å². The molecule has 0 unspecified atom stereocenters. The number of hydrogen-bond acceptors (Lipinski definition) is 2. The van der Waals surface area contributed by atoms with Crippen molar-refractivity contribution in [2.24, 2.45) is 0 Å². The van der Waals surface area contributed by atoms with E-state index in [4.69, 9.17) is 23.2 Å². The SMILES string of the molecule is O=C(Cc1cccc(F)c1)N1CCN(C(=O)Cc2cc(Cl)ccc2Cl)CC1. The predicted molar refractivity (Wildman–Crippen MR) is 103 cm³/mol. The van der Waals surface area contributed by atoms with E-state index in [1.807, 2.05) is 0 Å². The Kier molecular flexibility index (Phi) is 6.34. The molecule has 0 bridgehead atoms. The van der Waals surface area contributed by atoms with E-state index in [1.54, 1.807) is 40.1 Å². The molecule has 4 nitrogen and oxygen atoms in total. The summed E-state index contributed by atoms with van der Waals surface area (Å²) in [6.07, 6.45) is 0.334. The molecule has 2 amide bonds. The normalized spacial score (nSPS) is 14.3. The first-order valence-corrected chi connectivity index (χ1v) is 9.42. The van der Waals surface area contributed by atoms with Crippen molar-refractivity contribution in [3.05, 3.63) is 69.5 Å². The first-order chi connectivity index (χ1) is 12.9. The zero-order valence-electron chi connectivity index (χ0n) is 14.6. The average Bonchev–Trinajstić information content (AvgIpc) is 2.65. The summed E-state index contributed by atoms with van der Waals surface area (Å²) in [6, 6.07) is 11.1. The van der Waals surface area contributed by atoms with Gasteiger partial charge in [0.05, 0.1) is 12.8 Å². The number of carbonyl (C=O) groups excluding carboxylic acids is 2. The number of nitrogens with zero attached hydrogens (tertiary/aromatic N) is 2. The quantitative estimate of drug-likeness (QED) is 0.775. The third-order valence-corrected chi connectivity index (χ3v) is 5.18. The van der Waals surface area contributed by atoms with Crippen LogP contribution in [0.25, 0.3) is 0 Å². The van der Waals surface area contributed by atoms with Crippen LogP contribution in [0, 0.1) is 5.82 Å². The van der Waals surface area contributed by atoms with Gasteiger partial charge in [0.1, 0.15) is 5.82 Å². The lowest BCUT2D eigenvalue weighted by atomic mass is 10.1. The fraction of sp³-hybridized carbons (Fsp3) is 0.300. The second-order valence-electron chi connectivity index (χ2n) is 6.48. The van der Waals surface area contributed by atoms with Gasteiger partial charge in [0.15, 0.2) is 0 Å². The minimum Gasteiger partial charge on any atom is -0.339 e. The molecule has 0 saturated carbocycles. The van der Waals surface area contributed by atoms with E-state index in [2.05, 4.69) is 0 Å². The van der Waals surface area contributed by atoms with E-state index in [9.17, 15) is 14.0 Å². The molecule has 2 aromatic rings. The Bertz CT molecular complexity index is 852. The lowest BCUT2D eigenvalue weighted by Crippen LogP contribution is -2.51. The fourth-order valence-electron chi connectivity index (χ4n) is 3.09. The molecule has 0 radical (unpaired) electrons. The molecule has 0 aromatic heterocycles. The van der Waals surface area contributed by atoms with E-state index < -0.39 is 0 Å². The summed E-state index contributed by atoms with van der Waals surface area (Å²) >= 11 is 12.1. The molecule has 0 N–H and O–H groups in total. The summed E-state index contributed by atoms with van der Waals surface area (Å²) in [5.74, 6) is -0.461. The van der Waals surface area contributed by atoms with Gasteiger partial charge in [-0.3, -0.25) is 9.59 Å². The molecular weight excluding hydrogens is 390 g/mol. The van der Waals surface area contributed by atoms with Gasteiger partial charge in [-0.2, -0.15) is 0 Å². The molecule has 1 aliphatic heterocycles. The van der Waals surface area contributed by atoms with Gasteiger partial charge in [0.2, 0.25) is 11.8 Å². The van der Waals surface area contributed by atoms with Gasteiger partial charge in [0.25, 0.3) is 0 Å². The van der Waals surface area contributed by atoms with Crippen molar-refractivity contribution in [1.82, 2.24) is 9.80 Å². The summed E-state index contributed by atoms with van der Waals surface area (Å²) in [7, 11) is 0. The van der Waals surface area contributed by atoms with Gasteiger partial charge >= 0.3 is 0 Å². The second-order valence-corrected chi connectivity index (χ2v) is 7.32. The maximum absolute atomic E-state index is 13.2. The van der Waals surface area contributed by atoms with E-state index in [0.717, 1.165) is 0 Å². The first kappa shape index (κ1) is 19.6. The third-order valence-electron chi connectivity index (χ3n) is 4.58. The van der Waals surface area contributed by atoms with E-state index in [0.29, 0.717) is 47.4 Å². The smallest absolute Gasteiger partial charge is 0.227 e. The molecule has 0 atom stereocenters. The molecule has 7 heteroatoms. The minimum atomic E-state index is -0.351. The summed E-state index contributed by atoms with van der Waals surface area (Å²) < 4.78 is 13.2. The molecule has 3 rings (SSSR count). The Morgan fingerprint density at radius 2 is 1.52 bits per heavy atom. The number of carbonyl (C=O) groups is 2. The number of halogens is 3. The molecule has 1 aliphatic rings. The van der Waals surface area contributed by atoms with Crippen LogP contribution < -0.4 is 0 Å². The molecule has 142 valence electrons. The highest BCUT2D eigenvalue weighted by molar-refractivity contribution is 6.33. The van der Waals surface area contributed by atoms with Crippen LogP contribution in [0.15, 0.2) is 42.5 Å². The van der Waals surface area contributed by atoms with Gasteiger partial charge in [0, 0.05) is 36.2 Å². The Morgan fingerprint density at radius 3 is 2.15 bits per heavy atom. The Morgan fingerprint density at radius 1 is 0.889 bits per heavy atom. The van der Waals surface area contributed by atoms with Crippen molar-refractivity contribution in [2.45, 2.75) is 12.8 Å². The third kappa shape index (κ3) is 5.21. The lowest BCUT2D eigenvalue weighted by molar-refractivity contribution is -0.138. The van der Waals surface area contributed by atoms with E-state index in [1.165, 1.54) is 12.1 Å². The second kappa shape index (κ2) is 8.72. The summed E-state index contributed by atoms with van der Waals surface area (Å²) in [5.41, 5.74) is 1.34. The predicted octanol–water partition coefficient (Wildman–Crippen LogP) is 3.59. The molecule has 0 spiro atoms. The van der Waals surface area contributed by atoms with Gasteiger partial charge < -0.3 is 9.80 Å². The maximum Gasteiger partial charge on any atom is 0.227 e. The van der Waals surface area contributed by atoms with Gasteiger partial charge in [-0.05, 0) is 41.5 Å². The van der Waals surface area contributed by atoms with Crippen molar-refractivity contribution in [3.63, 3.8) is 0 Å². The molecular formula is C20H19Cl2FN2O2. The van der Waals surface area contributed by atoms with Crippen molar-refractivity contribution < 1.29 is 14.0 Å². The fourth-order valence-corrected chi connectivity index (χ4v) is 3.47. The molecule has 1 fully saturated rings. The topological polar surface area (TPSA) is 40.6 Å². The zero-order valence-corrected chi connectivity index (χ0v) is 16.1. The number of hydrogen-bond donors (Lipinski definition) is 0. The van der Waals surface area contributed by atoms with Gasteiger partial charge in [-0.1, -0.05) is 35.3 Å². The number of amides is 2. The molecule has 2 aromatic carbocycles. The molecule has 1 heterocycles. The Labute approximate surface area is 167 Å². The highest BCUT2D eigenvalue weighted by Crippen LogP contribution is 2.22. The number of benzene rings is 2. The Balaban J connectivity index is 1.52. The molecule has 0 aliphatic carbocycles. The monoisotopic (exact) mass is 408 g/mol. The van der Waals surface area contributed by atoms with E-state index >= 15 is 0 Å². The van der Waals surface area contributed by atoms with Crippen LogP contribution >= 0.6 is 23.2 Å². The Hall–Kier alpha value is -2.11.